The van der Waals surface area contributed by atoms with E-state index in [-0.39, 0.29) is 23.2 Å². The zero-order chi connectivity index (χ0) is 17.9. The van der Waals surface area contributed by atoms with Crippen LogP contribution in [0.2, 0.25) is 5.02 Å². The van der Waals surface area contributed by atoms with Crippen LogP contribution in [0.3, 0.4) is 0 Å². The maximum absolute atomic E-state index is 13.0. The number of nitrogens with one attached hydrogen (secondary N) is 1. The van der Waals surface area contributed by atoms with Gasteiger partial charge in [0.05, 0.1) is 29.9 Å². The van der Waals surface area contributed by atoms with E-state index in [2.05, 4.69) is 10.4 Å². The van der Waals surface area contributed by atoms with E-state index >= 15 is 0 Å². The number of hydrogen-bond donors (Lipinski definition) is 1. The third-order valence-electron chi connectivity index (χ3n) is 3.49. The number of benzene rings is 1. The maximum Gasteiger partial charge on any atom is 0.261 e. The van der Waals surface area contributed by atoms with E-state index in [9.17, 15) is 9.18 Å². The van der Waals surface area contributed by atoms with Crippen LogP contribution in [0.1, 0.15) is 18.2 Å². The average Bonchev–Trinajstić information content (AvgIpc) is 2.80. The highest BCUT2D eigenvalue weighted by Crippen LogP contribution is 2.26. The number of aromatic nitrogens is 2. The van der Waals surface area contributed by atoms with Gasteiger partial charge in [-0.05, 0) is 32.0 Å². The number of carbonyl (C=O) groups excluding carboxylic acids is 1. The first-order chi connectivity index (χ1) is 11.3. The molecule has 1 aromatic heterocycles. The van der Waals surface area contributed by atoms with Gasteiger partial charge >= 0.3 is 0 Å². The molecule has 0 bridgehead atoms. The summed E-state index contributed by atoms with van der Waals surface area (Å²) >= 11 is 5.89. The van der Waals surface area contributed by atoms with E-state index in [1.165, 1.54) is 12.1 Å². The van der Waals surface area contributed by atoms with Crippen molar-refractivity contribution < 1.29 is 18.7 Å². The molecular formula is C16H19ClFN3O3. The van der Waals surface area contributed by atoms with Gasteiger partial charge in [0.2, 0.25) is 5.88 Å². The fourth-order valence-electron chi connectivity index (χ4n) is 2.27. The largest absolute Gasteiger partial charge is 0.481 e. The third kappa shape index (κ3) is 3.97. The number of ether oxygens (including phenoxy) is 2. The Morgan fingerprint density at radius 3 is 2.83 bits per heavy atom. The molecule has 0 aliphatic heterocycles. The predicted octanol–water partition coefficient (Wildman–Crippen LogP) is 2.61. The minimum absolute atomic E-state index is 0.111. The highest BCUT2D eigenvalue weighted by Gasteiger charge is 2.19. The van der Waals surface area contributed by atoms with E-state index in [1.807, 2.05) is 6.92 Å². The quantitative estimate of drug-likeness (QED) is 0.865. The van der Waals surface area contributed by atoms with Crippen molar-refractivity contribution in [3.63, 3.8) is 0 Å². The summed E-state index contributed by atoms with van der Waals surface area (Å²) in [5, 5.41) is 7.12. The molecule has 1 amide bonds. The lowest BCUT2D eigenvalue weighted by atomic mass is 10.2. The predicted molar refractivity (Wildman–Crippen MR) is 87.8 cm³/mol. The summed E-state index contributed by atoms with van der Waals surface area (Å²) in [6.07, 6.45) is -0.795. The molecule has 1 N–H and O–H groups in total. The van der Waals surface area contributed by atoms with E-state index in [4.69, 9.17) is 21.1 Å². The summed E-state index contributed by atoms with van der Waals surface area (Å²) in [5.41, 5.74) is 1.56. The van der Waals surface area contributed by atoms with Gasteiger partial charge in [0.25, 0.3) is 5.91 Å². The summed E-state index contributed by atoms with van der Waals surface area (Å²) in [4.78, 5) is 12.2. The topological polar surface area (TPSA) is 65.4 Å². The third-order valence-corrected chi connectivity index (χ3v) is 3.78. The molecule has 0 fully saturated rings. The fraction of sp³-hybridized carbons (Fsp3) is 0.375. The van der Waals surface area contributed by atoms with E-state index in [0.29, 0.717) is 5.88 Å². The normalized spacial score (nSPS) is 11.9. The van der Waals surface area contributed by atoms with Crippen molar-refractivity contribution in [1.29, 1.82) is 0 Å². The summed E-state index contributed by atoms with van der Waals surface area (Å²) in [7, 11) is 3.31. The zero-order valence-corrected chi connectivity index (χ0v) is 14.6. The first-order valence-corrected chi connectivity index (χ1v) is 7.67. The number of rotatable bonds is 6. The van der Waals surface area contributed by atoms with E-state index in [1.54, 1.807) is 25.8 Å². The van der Waals surface area contributed by atoms with Crippen LogP contribution in [0.15, 0.2) is 18.2 Å². The number of halogens is 2. The number of carbonyl (C=O) groups is 1. The monoisotopic (exact) mass is 355 g/mol. The number of amides is 1. The molecule has 1 aromatic carbocycles. The lowest BCUT2D eigenvalue weighted by Crippen LogP contribution is -2.36. The second kappa shape index (κ2) is 7.53. The van der Waals surface area contributed by atoms with E-state index in [0.717, 1.165) is 17.3 Å². The van der Waals surface area contributed by atoms with Gasteiger partial charge in [-0.1, -0.05) is 11.6 Å². The maximum atomic E-state index is 13.0. The standard InChI is InChI=1S/C16H19ClFN3O3/c1-9-12(16(23-4)21(3)20-9)8-19-15(22)10(2)24-14-6-5-11(18)7-13(14)17/h5-7,10H,8H2,1-4H3,(H,19,22). The molecular weight excluding hydrogens is 337 g/mol. The van der Waals surface area contributed by atoms with Crippen molar-refractivity contribution in [2.75, 3.05) is 7.11 Å². The Labute approximate surface area is 144 Å². The SMILES string of the molecule is COc1c(CNC(=O)C(C)Oc2ccc(F)cc2Cl)c(C)nn1C. The zero-order valence-electron chi connectivity index (χ0n) is 13.9. The fourth-order valence-corrected chi connectivity index (χ4v) is 2.49. The van der Waals surface area contributed by atoms with Crippen molar-refractivity contribution in [3.8, 4) is 11.6 Å². The Morgan fingerprint density at radius 1 is 1.50 bits per heavy atom. The van der Waals surface area contributed by atoms with Gasteiger partial charge in [-0.2, -0.15) is 5.10 Å². The number of aryl methyl sites for hydroxylation is 2. The van der Waals surface area contributed by atoms with Crippen molar-refractivity contribution in [2.24, 2.45) is 7.05 Å². The molecule has 0 spiro atoms. The van der Waals surface area contributed by atoms with Gasteiger partial charge in [-0.25, -0.2) is 9.07 Å². The second-order valence-electron chi connectivity index (χ2n) is 5.25. The molecule has 0 aliphatic carbocycles. The van der Waals surface area contributed by atoms with Crippen LogP contribution in [0, 0.1) is 12.7 Å². The highest BCUT2D eigenvalue weighted by atomic mass is 35.5. The molecule has 8 heteroatoms. The molecule has 1 atom stereocenters. The lowest BCUT2D eigenvalue weighted by molar-refractivity contribution is -0.127. The van der Waals surface area contributed by atoms with Gasteiger partial charge < -0.3 is 14.8 Å². The van der Waals surface area contributed by atoms with Crippen molar-refractivity contribution in [3.05, 3.63) is 40.3 Å². The van der Waals surface area contributed by atoms with Gasteiger partial charge in [0.1, 0.15) is 11.6 Å². The van der Waals surface area contributed by atoms with Crippen LogP contribution < -0.4 is 14.8 Å². The van der Waals surface area contributed by atoms with Crippen LogP contribution in [0.4, 0.5) is 4.39 Å². The Morgan fingerprint density at radius 2 is 2.21 bits per heavy atom. The minimum Gasteiger partial charge on any atom is -0.481 e. The number of methoxy groups -OCH3 is 1. The molecule has 130 valence electrons. The average molecular weight is 356 g/mol. The van der Waals surface area contributed by atoms with E-state index < -0.39 is 11.9 Å². The lowest BCUT2D eigenvalue weighted by Gasteiger charge is -2.16. The van der Waals surface area contributed by atoms with Gasteiger partial charge in [0, 0.05) is 7.05 Å². The van der Waals surface area contributed by atoms with Crippen LogP contribution in [-0.4, -0.2) is 28.9 Å². The smallest absolute Gasteiger partial charge is 0.261 e. The second-order valence-corrected chi connectivity index (χ2v) is 5.66. The Kier molecular flexibility index (Phi) is 5.66. The summed E-state index contributed by atoms with van der Waals surface area (Å²) in [6.45, 7) is 3.68. The minimum atomic E-state index is -0.795. The summed E-state index contributed by atoms with van der Waals surface area (Å²) in [6, 6.07) is 3.73. The van der Waals surface area contributed by atoms with Crippen LogP contribution >= 0.6 is 11.6 Å². The molecule has 24 heavy (non-hydrogen) atoms. The molecule has 2 rings (SSSR count). The summed E-state index contributed by atoms with van der Waals surface area (Å²) < 4.78 is 25.4. The van der Waals surface area contributed by atoms with Crippen molar-refractivity contribution >= 4 is 17.5 Å². The Balaban J connectivity index is 1.99. The molecule has 6 nitrogen and oxygen atoms in total. The van der Waals surface area contributed by atoms with Crippen LogP contribution in [-0.2, 0) is 18.4 Å². The molecule has 2 aromatic rings. The number of nitrogens with zero attached hydrogens (tertiary/aromatic N) is 2. The molecule has 1 heterocycles. The van der Waals surface area contributed by atoms with Crippen LogP contribution in [0.25, 0.3) is 0 Å². The molecule has 0 saturated heterocycles. The highest BCUT2D eigenvalue weighted by molar-refractivity contribution is 6.32. The number of hydrogen-bond acceptors (Lipinski definition) is 4. The van der Waals surface area contributed by atoms with Gasteiger partial charge in [-0.3, -0.25) is 4.79 Å². The summed E-state index contributed by atoms with van der Waals surface area (Å²) in [5.74, 6) is 0.0307. The Bertz CT molecular complexity index is 748. The molecule has 1 unspecified atom stereocenters. The van der Waals surface area contributed by atoms with Crippen molar-refractivity contribution in [2.45, 2.75) is 26.5 Å². The first-order valence-electron chi connectivity index (χ1n) is 7.29. The first kappa shape index (κ1) is 18.1. The molecule has 0 radical (unpaired) electrons. The van der Waals surface area contributed by atoms with Gasteiger partial charge in [0.15, 0.2) is 6.10 Å². The Hall–Kier alpha value is -2.28. The molecule has 0 aliphatic rings. The van der Waals surface area contributed by atoms with Crippen molar-refractivity contribution in [1.82, 2.24) is 15.1 Å². The molecule has 0 saturated carbocycles. The van der Waals surface area contributed by atoms with Crippen LogP contribution in [0.5, 0.6) is 11.6 Å². The van der Waals surface area contributed by atoms with Gasteiger partial charge in [-0.15, -0.1) is 0 Å².